The molecule has 0 unspecified atom stereocenters. The molecule has 1 aromatic rings. The van der Waals surface area contributed by atoms with Gasteiger partial charge in [0.15, 0.2) is 0 Å². The Morgan fingerprint density at radius 3 is 2.40 bits per heavy atom. The third-order valence-corrected chi connectivity index (χ3v) is 7.87. The van der Waals surface area contributed by atoms with E-state index in [0.717, 1.165) is 51.4 Å². The maximum absolute atomic E-state index is 12.1. The number of aliphatic hydroxyl groups excluding tert-OH is 2. The summed E-state index contributed by atoms with van der Waals surface area (Å²) in [7, 11) is 0. The van der Waals surface area contributed by atoms with Crippen molar-refractivity contribution in [2.24, 2.45) is 29.4 Å². The van der Waals surface area contributed by atoms with Crippen LogP contribution in [0.5, 0.6) is 0 Å². The highest BCUT2D eigenvalue weighted by Crippen LogP contribution is 2.35. The van der Waals surface area contributed by atoms with Gasteiger partial charge < -0.3 is 21.1 Å². The Hall–Kier alpha value is -1.69. The molecule has 1 aliphatic rings. The average molecular weight is 488 g/mol. The van der Waals surface area contributed by atoms with Gasteiger partial charge in [-0.05, 0) is 75.3 Å². The van der Waals surface area contributed by atoms with Crippen LogP contribution in [0.1, 0.15) is 89.5 Å². The van der Waals surface area contributed by atoms with Crippen molar-refractivity contribution < 1.29 is 20.1 Å². The molecule has 198 valence electrons. The van der Waals surface area contributed by atoms with Crippen LogP contribution >= 0.6 is 0 Å². The summed E-state index contributed by atoms with van der Waals surface area (Å²) in [4.78, 5) is 12.1. The van der Waals surface area contributed by atoms with E-state index in [4.69, 9.17) is 5.73 Å². The predicted molar refractivity (Wildman–Crippen MR) is 143 cm³/mol. The van der Waals surface area contributed by atoms with E-state index in [2.05, 4.69) is 18.2 Å². The van der Waals surface area contributed by atoms with Crippen molar-refractivity contribution in [3.05, 3.63) is 48.0 Å². The lowest BCUT2D eigenvalue weighted by Crippen LogP contribution is -2.38. The number of nitrogens with two attached hydrogens (primary N) is 1. The summed E-state index contributed by atoms with van der Waals surface area (Å²) in [5.41, 5.74) is 7.13. The summed E-state index contributed by atoms with van der Waals surface area (Å²) < 4.78 is 0. The number of unbranched alkanes of at least 4 members (excludes halogenated alkanes) is 2. The molecule has 0 aliphatic heterocycles. The molecule has 0 heterocycles. The van der Waals surface area contributed by atoms with Gasteiger partial charge in [-0.3, -0.25) is 4.79 Å². The molecule has 0 aromatic heterocycles. The molecule has 0 spiro atoms. The zero-order valence-electron chi connectivity index (χ0n) is 21.7. The summed E-state index contributed by atoms with van der Waals surface area (Å²) in [6.07, 6.45) is 16.3. The summed E-state index contributed by atoms with van der Waals surface area (Å²) in [5.74, 6) is -0.992. The molecule has 1 fully saturated rings. The Balaban J connectivity index is 1.88. The van der Waals surface area contributed by atoms with Crippen LogP contribution in [0.4, 0.5) is 0 Å². The van der Waals surface area contributed by atoms with Crippen LogP contribution < -0.4 is 5.73 Å². The fraction of sp³-hybridized carbons (Fsp3) is 0.700. The van der Waals surface area contributed by atoms with Gasteiger partial charge in [0.2, 0.25) is 0 Å². The fourth-order valence-corrected chi connectivity index (χ4v) is 5.99. The number of hydrogen-bond acceptors (Lipinski definition) is 4. The first kappa shape index (κ1) is 29.5. The first-order chi connectivity index (χ1) is 16.9. The van der Waals surface area contributed by atoms with Crippen molar-refractivity contribution in [2.75, 3.05) is 6.54 Å². The molecular formula is C30H49NO4. The van der Waals surface area contributed by atoms with E-state index in [1.165, 1.54) is 37.7 Å². The van der Waals surface area contributed by atoms with Gasteiger partial charge in [0.05, 0.1) is 18.1 Å². The molecule has 0 saturated heterocycles. The molecule has 1 aliphatic carbocycles. The minimum absolute atomic E-state index is 0.121. The monoisotopic (exact) mass is 487 g/mol. The first-order valence-corrected chi connectivity index (χ1v) is 13.9. The molecule has 5 nitrogen and oxygen atoms in total. The summed E-state index contributed by atoms with van der Waals surface area (Å²) in [6, 6.07) is 10.1. The lowest BCUT2D eigenvalue weighted by molar-refractivity contribution is -0.149. The molecule has 0 bridgehead atoms. The van der Waals surface area contributed by atoms with Crippen LogP contribution in [0.15, 0.2) is 42.5 Å². The molecule has 35 heavy (non-hydrogen) atoms. The smallest absolute Gasteiger partial charge is 0.309 e. The van der Waals surface area contributed by atoms with E-state index < -0.39 is 18.0 Å². The molecule has 1 aromatic carbocycles. The Bertz CT molecular complexity index is 714. The largest absolute Gasteiger partial charge is 0.481 e. The van der Waals surface area contributed by atoms with Gasteiger partial charge in [-0.1, -0.05) is 87.4 Å². The van der Waals surface area contributed by atoms with Crippen molar-refractivity contribution in [2.45, 2.75) is 103 Å². The summed E-state index contributed by atoms with van der Waals surface area (Å²) in [5, 5.41) is 30.6. The van der Waals surface area contributed by atoms with E-state index in [-0.39, 0.29) is 17.9 Å². The number of aliphatic hydroxyl groups is 2. The van der Waals surface area contributed by atoms with Gasteiger partial charge in [-0.15, -0.1) is 0 Å². The Kier molecular flexibility index (Phi) is 14.3. The van der Waals surface area contributed by atoms with Crippen LogP contribution in [0.2, 0.25) is 0 Å². The summed E-state index contributed by atoms with van der Waals surface area (Å²) >= 11 is 0. The number of aryl methyl sites for hydroxylation is 1. The second kappa shape index (κ2) is 16.9. The molecule has 1 saturated carbocycles. The van der Waals surface area contributed by atoms with Crippen molar-refractivity contribution in [1.82, 2.24) is 0 Å². The lowest BCUT2D eigenvalue weighted by Gasteiger charge is -2.33. The van der Waals surface area contributed by atoms with Crippen LogP contribution in [0.3, 0.4) is 0 Å². The third kappa shape index (κ3) is 11.3. The summed E-state index contributed by atoms with van der Waals surface area (Å²) in [6.45, 7) is 2.11. The zero-order chi connectivity index (χ0) is 25.5. The van der Waals surface area contributed by atoms with Crippen LogP contribution in [-0.4, -0.2) is 40.0 Å². The highest BCUT2D eigenvalue weighted by Gasteiger charge is 2.36. The second-order valence-corrected chi connectivity index (χ2v) is 10.6. The van der Waals surface area contributed by atoms with E-state index in [0.29, 0.717) is 12.5 Å². The Morgan fingerprint density at radius 2 is 1.77 bits per heavy atom. The van der Waals surface area contributed by atoms with Gasteiger partial charge >= 0.3 is 5.97 Å². The number of aliphatic carboxylic acids is 1. The molecule has 0 amide bonds. The fourth-order valence-electron chi connectivity index (χ4n) is 5.99. The molecule has 5 heteroatoms. The highest BCUT2D eigenvalue weighted by atomic mass is 16.4. The highest BCUT2D eigenvalue weighted by molar-refractivity contribution is 5.71. The number of hydrogen-bond donors (Lipinski definition) is 4. The molecular weight excluding hydrogens is 438 g/mol. The predicted octanol–water partition coefficient (Wildman–Crippen LogP) is 5.73. The third-order valence-electron chi connectivity index (χ3n) is 7.87. The topological polar surface area (TPSA) is 104 Å². The van der Waals surface area contributed by atoms with Crippen molar-refractivity contribution in [3.63, 3.8) is 0 Å². The van der Waals surface area contributed by atoms with E-state index in [1.807, 2.05) is 24.3 Å². The number of carboxylic acids is 1. The quantitative estimate of drug-likeness (QED) is 0.166. The van der Waals surface area contributed by atoms with Gasteiger partial charge in [-0.25, -0.2) is 0 Å². The minimum Gasteiger partial charge on any atom is -0.481 e. The van der Waals surface area contributed by atoms with Crippen molar-refractivity contribution in [1.29, 1.82) is 0 Å². The van der Waals surface area contributed by atoms with Crippen molar-refractivity contribution in [3.8, 4) is 0 Å². The molecule has 5 atom stereocenters. The number of carbonyl (C=O) groups is 1. The van der Waals surface area contributed by atoms with E-state index >= 15 is 0 Å². The SMILES string of the molecule is C[C@H](O)[C@H](C(=O)O)[C@H](CCc1ccccc1)[C@H](CCN)CCCC/C=C\[C@H](O)CC1CCCCC1. The minimum atomic E-state index is -0.921. The molecule has 5 N–H and O–H groups in total. The van der Waals surface area contributed by atoms with Crippen LogP contribution in [0, 0.1) is 23.7 Å². The maximum atomic E-state index is 12.1. The first-order valence-electron chi connectivity index (χ1n) is 13.9. The Morgan fingerprint density at radius 1 is 1.06 bits per heavy atom. The van der Waals surface area contributed by atoms with Gasteiger partial charge in [0.25, 0.3) is 0 Å². The molecule has 2 rings (SSSR count). The van der Waals surface area contributed by atoms with E-state index in [1.54, 1.807) is 6.92 Å². The average Bonchev–Trinajstić information content (AvgIpc) is 2.84. The van der Waals surface area contributed by atoms with Gasteiger partial charge in [0.1, 0.15) is 0 Å². The van der Waals surface area contributed by atoms with Crippen LogP contribution in [0.25, 0.3) is 0 Å². The zero-order valence-corrected chi connectivity index (χ0v) is 21.7. The normalized spacial score (nSPS) is 19.3. The standard InChI is InChI=1S/C30H49NO4/c1-23(32)29(30(34)35)28(19-18-24-12-6-4-7-13-24)26(20-21-31)16-10-2-3-11-17-27(33)22-25-14-8-5-9-15-25/h4,6-7,11-13,17,23,25-29,32-33H,2-3,5,8-10,14-16,18-22,31H2,1H3,(H,34,35)/b17-11-/t23-,26-,27-,28+,29-/m0/s1. The lowest BCUT2D eigenvalue weighted by atomic mass is 9.72. The van der Waals surface area contributed by atoms with Gasteiger partial charge in [0, 0.05) is 0 Å². The maximum Gasteiger partial charge on any atom is 0.309 e. The number of allylic oxidation sites excluding steroid dienone is 1. The number of benzene rings is 1. The van der Waals surface area contributed by atoms with E-state index in [9.17, 15) is 20.1 Å². The van der Waals surface area contributed by atoms with Crippen LogP contribution in [-0.2, 0) is 11.2 Å². The number of carboxylic acid groups (broad SMARTS) is 1. The number of rotatable bonds is 17. The second-order valence-electron chi connectivity index (χ2n) is 10.6. The van der Waals surface area contributed by atoms with Crippen molar-refractivity contribution >= 4 is 5.97 Å². The Labute approximate surface area is 212 Å². The molecule has 0 radical (unpaired) electrons. The van der Waals surface area contributed by atoms with Gasteiger partial charge in [-0.2, -0.15) is 0 Å².